The van der Waals surface area contributed by atoms with Gasteiger partial charge in [-0.25, -0.2) is 0 Å². The van der Waals surface area contributed by atoms with Gasteiger partial charge < -0.3 is 10.2 Å². The second kappa shape index (κ2) is 6.91. The van der Waals surface area contributed by atoms with Gasteiger partial charge in [-0.2, -0.15) is 0 Å². The molecule has 5 atom stereocenters. The van der Waals surface area contributed by atoms with Gasteiger partial charge in [-0.05, 0) is 37.0 Å². The van der Waals surface area contributed by atoms with E-state index < -0.39 is 0 Å². The zero-order valence-electron chi connectivity index (χ0n) is 12.7. The van der Waals surface area contributed by atoms with Crippen molar-refractivity contribution < 1.29 is 10.2 Å². The van der Waals surface area contributed by atoms with E-state index in [0.717, 1.165) is 32.1 Å². The first kappa shape index (κ1) is 16.0. The molecule has 1 saturated carbocycles. The maximum Gasteiger partial charge on any atom is 0.0649 e. The topological polar surface area (TPSA) is 40.5 Å². The molecule has 0 bridgehead atoms. The molecule has 2 nitrogen and oxygen atoms in total. The summed E-state index contributed by atoms with van der Waals surface area (Å²) in [5.74, 6) is 1.53. The fraction of sp³-hybridized carbons (Fsp3) is 1.00. The van der Waals surface area contributed by atoms with Crippen molar-refractivity contribution in [1.82, 2.24) is 0 Å². The van der Waals surface area contributed by atoms with Crippen molar-refractivity contribution in [3.05, 3.63) is 0 Å². The molecular weight excluding hydrogens is 224 g/mol. The number of hydrogen-bond acceptors (Lipinski definition) is 2. The summed E-state index contributed by atoms with van der Waals surface area (Å²) in [5, 5.41) is 20.7. The van der Waals surface area contributed by atoms with Crippen LogP contribution < -0.4 is 0 Å². The third-order valence-electron chi connectivity index (χ3n) is 5.55. The highest BCUT2D eigenvalue weighted by Gasteiger charge is 2.51. The molecule has 1 fully saturated rings. The van der Waals surface area contributed by atoms with Crippen LogP contribution in [-0.4, -0.2) is 22.9 Å². The molecule has 108 valence electrons. The van der Waals surface area contributed by atoms with E-state index in [1.807, 2.05) is 0 Å². The van der Waals surface area contributed by atoms with Crippen LogP contribution in [0.2, 0.25) is 0 Å². The van der Waals surface area contributed by atoms with Gasteiger partial charge in [0.2, 0.25) is 0 Å². The van der Waals surface area contributed by atoms with Gasteiger partial charge in [0.1, 0.15) is 0 Å². The van der Waals surface area contributed by atoms with Crippen LogP contribution in [0.3, 0.4) is 0 Å². The average molecular weight is 256 g/mol. The Kier molecular flexibility index (Phi) is 6.13. The van der Waals surface area contributed by atoms with Gasteiger partial charge >= 0.3 is 0 Å². The van der Waals surface area contributed by atoms with Gasteiger partial charge in [0.15, 0.2) is 0 Å². The van der Waals surface area contributed by atoms with Gasteiger partial charge in [-0.1, -0.05) is 47.0 Å². The highest BCUT2D eigenvalue weighted by Crippen LogP contribution is 2.52. The van der Waals surface area contributed by atoms with Crippen molar-refractivity contribution in [2.24, 2.45) is 23.2 Å². The van der Waals surface area contributed by atoms with E-state index >= 15 is 0 Å². The van der Waals surface area contributed by atoms with E-state index in [4.69, 9.17) is 0 Å². The SMILES string of the molecule is CCC[C@@H]1[C@@H](CC)C[C@H](CC)[C@H](O)[C@@]1(CC)CO. The summed E-state index contributed by atoms with van der Waals surface area (Å²) in [4.78, 5) is 0. The van der Waals surface area contributed by atoms with Crippen molar-refractivity contribution in [3.8, 4) is 0 Å². The molecular formula is C16H32O2. The summed E-state index contributed by atoms with van der Waals surface area (Å²) in [6.45, 7) is 8.91. The predicted octanol–water partition coefficient (Wildman–Crippen LogP) is 3.61. The summed E-state index contributed by atoms with van der Waals surface area (Å²) in [5.41, 5.74) is -0.254. The Morgan fingerprint density at radius 3 is 2.06 bits per heavy atom. The number of rotatable bonds is 6. The molecule has 18 heavy (non-hydrogen) atoms. The Labute approximate surface area is 113 Å². The van der Waals surface area contributed by atoms with E-state index in [9.17, 15) is 10.2 Å². The second-order valence-corrected chi connectivity index (χ2v) is 6.16. The molecule has 0 heterocycles. The number of aliphatic hydroxyl groups is 2. The fourth-order valence-corrected chi connectivity index (χ4v) is 4.31. The molecule has 0 spiro atoms. The van der Waals surface area contributed by atoms with Gasteiger partial charge in [0.05, 0.1) is 12.7 Å². The molecule has 0 aromatic carbocycles. The lowest BCUT2D eigenvalue weighted by Crippen LogP contribution is -2.54. The minimum absolute atomic E-state index is 0.141. The van der Waals surface area contributed by atoms with Crippen LogP contribution >= 0.6 is 0 Å². The first-order chi connectivity index (χ1) is 8.61. The standard InChI is InChI=1S/C16H32O2/c1-5-9-14-12(6-2)10-13(7-3)15(18)16(14,8-4)11-17/h12-15,17-18H,5-11H2,1-4H3/t12-,13-,14+,15-,16-/m0/s1. The van der Waals surface area contributed by atoms with Crippen LogP contribution in [0.25, 0.3) is 0 Å². The van der Waals surface area contributed by atoms with Crippen LogP contribution in [0.4, 0.5) is 0 Å². The molecule has 1 aliphatic rings. The van der Waals surface area contributed by atoms with E-state index in [2.05, 4.69) is 27.7 Å². The Morgan fingerprint density at radius 2 is 1.67 bits per heavy atom. The lowest BCUT2D eigenvalue weighted by atomic mass is 9.54. The maximum absolute atomic E-state index is 10.7. The van der Waals surface area contributed by atoms with Crippen molar-refractivity contribution in [1.29, 1.82) is 0 Å². The summed E-state index contributed by atoms with van der Waals surface area (Å²) >= 11 is 0. The van der Waals surface area contributed by atoms with E-state index in [0.29, 0.717) is 17.8 Å². The minimum atomic E-state index is -0.322. The Hall–Kier alpha value is -0.0800. The van der Waals surface area contributed by atoms with Gasteiger partial charge in [-0.3, -0.25) is 0 Å². The van der Waals surface area contributed by atoms with Crippen molar-refractivity contribution in [2.75, 3.05) is 6.61 Å². The quantitative estimate of drug-likeness (QED) is 0.762. The molecule has 1 rings (SSSR count). The first-order valence-electron chi connectivity index (χ1n) is 7.90. The Bertz CT molecular complexity index is 235. The molecule has 0 aliphatic heterocycles. The third-order valence-corrected chi connectivity index (χ3v) is 5.55. The number of aliphatic hydroxyl groups excluding tert-OH is 2. The van der Waals surface area contributed by atoms with Crippen LogP contribution in [0.1, 0.15) is 66.2 Å². The molecule has 0 amide bonds. The second-order valence-electron chi connectivity index (χ2n) is 6.16. The lowest BCUT2D eigenvalue weighted by molar-refractivity contribution is -0.144. The Balaban J connectivity index is 3.08. The molecule has 1 aliphatic carbocycles. The van der Waals surface area contributed by atoms with Crippen molar-refractivity contribution in [2.45, 2.75) is 72.3 Å². The van der Waals surface area contributed by atoms with Gasteiger partial charge in [0, 0.05) is 5.41 Å². The molecule has 2 heteroatoms. The predicted molar refractivity (Wildman–Crippen MR) is 76.4 cm³/mol. The monoisotopic (exact) mass is 256 g/mol. The smallest absolute Gasteiger partial charge is 0.0649 e. The van der Waals surface area contributed by atoms with Gasteiger partial charge in [-0.15, -0.1) is 0 Å². The molecule has 0 aromatic heterocycles. The zero-order chi connectivity index (χ0) is 13.8. The molecule has 0 radical (unpaired) electrons. The van der Waals surface area contributed by atoms with Crippen molar-refractivity contribution >= 4 is 0 Å². The van der Waals surface area contributed by atoms with Crippen LogP contribution in [0.5, 0.6) is 0 Å². The summed E-state index contributed by atoms with van der Waals surface area (Å²) in [6.07, 6.45) is 6.20. The van der Waals surface area contributed by atoms with E-state index in [1.54, 1.807) is 0 Å². The molecule has 0 aromatic rings. The summed E-state index contributed by atoms with van der Waals surface area (Å²) in [6, 6.07) is 0. The Morgan fingerprint density at radius 1 is 1.06 bits per heavy atom. The van der Waals surface area contributed by atoms with Crippen LogP contribution in [0.15, 0.2) is 0 Å². The van der Waals surface area contributed by atoms with E-state index in [1.165, 1.54) is 6.42 Å². The number of hydrogen-bond donors (Lipinski definition) is 2. The molecule has 2 N–H and O–H groups in total. The van der Waals surface area contributed by atoms with Crippen LogP contribution in [-0.2, 0) is 0 Å². The maximum atomic E-state index is 10.7. The summed E-state index contributed by atoms with van der Waals surface area (Å²) in [7, 11) is 0. The third kappa shape index (κ3) is 2.60. The first-order valence-corrected chi connectivity index (χ1v) is 7.90. The lowest BCUT2D eigenvalue weighted by Gasteiger charge is -2.53. The summed E-state index contributed by atoms with van der Waals surface area (Å²) < 4.78 is 0. The largest absolute Gasteiger partial charge is 0.396 e. The highest BCUT2D eigenvalue weighted by molar-refractivity contribution is 5.00. The fourth-order valence-electron chi connectivity index (χ4n) is 4.31. The van der Waals surface area contributed by atoms with Crippen LogP contribution in [0, 0.1) is 23.2 Å². The molecule has 0 saturated heterocycles. The van der Waals surface area contributed by atoms with Gasteiger partial charge in [0.25, 0.3) is 0 Å². The normalized spacial score (nSPS) is 41.0. The minimum Gasteiger partial charge on any atom is -0.396 e. The highest BCUT2D eigenvalue weighted by atomic mass is 16.3. The molecule has 0 unspecified atom stereocenters. The van der Waals surface area contributed by atoms with Crippen molar-refractivity contribution in [3.63, 3.8) is 0 Å². The average Bonchev–Trinajstić information content (AvgIpc) is 2.40. The van der Waals surface area contributed by atoms with E-state index in [-0.39, 0.29) is 18.1 Å². The zero-order valence-corrected chi connectivity index (χ0v) is 12.7.